The van der Waals surface area contributed by atoms with Crippen molar-refractivity contribution in [3.05, 3.63) is 113 Å². The lowest BCUT2D eigenvalue weighted by molar-refractivity contribution is -0.129. The highest BCUT2D eigenvalue weighted by Crippen LogP contribution is 2.43. The minimum atomic E-state index is -0.302. The average Bonchev–Trinajstić information content (AvgIpc) is 3.04. The largest absolute Gasteiger partial charge is 0.503 e. The van der Waals surface area contributed by atoms with Crippen LogP contribution < -0.4 is 0 Å². The fourth-order valence-electron chi connectivity index (χ4n) is 3.97. The quantitative estimate of drug-likeness (QED) is 0.624. The van der Waals surface area contributed by atoms with Gasteiger partial charge in [-0.3, -0.25) is 4.79 Å². The Morgan fingerprint density at radius 3 is 2.07 bits per heavy atom. The van der Waals surface area contributed by atoms with Crippen LogP contribution in [-0.4, -0.2) is 22.5 Å². The number of aliphatic hydroxyl groups is 1. The number of aryl methyl sites for hydroxylation is 1. The molecular weight excluding hydrogens is 358 g/mol. The van der Waals surface area contributed by atoms with Crippen molar-refractivity contribution in [1.82, 2.24) is 4.90 Å². The van der Waals surface area contributed by atoms with Crippen LogP contribution in [0.3, 0.4) is 0 Å². The van der Waals surface area contributed by atoms with Gasteiger partial charge in [0, 0.05) is 12.1 Å². The minimum absolute atomic E-state index is 0.145. The maximum Gasteiger partial charge on any atom is 0.289 e. The maximum atomic E-state index is 13.0. The Morgan fingerprint density at radius 1 is 0.828 bits per heavy atom. The van der Waals surface area contributed by atoms with E-state index >= 15 is 0 Å². The summed E-state index contributed by atoms with van der Waals surface area (Å²) in [5.41, 5.74) is 5.01. The zero-order chi connectivity index (χ0) is 20.2. The number of amides is 1. The lowest BCUT2D eigenvalue weighted by Gasteiger charge is -2.27. The van der Waals surface area contributed by atoms with Crippen LogP contribution in [0.4, 0.5) is 0 Å². The Hall–Kier alpha value is -3.33. The highest BCUT2D eigenvalue weighted by atomic mass is 16.3. The van der Waals surface area contributed by atoms with Crippen LogP contribution in [0.15, 0.2) is 90.7 Å². The SMILES string of the molecule is CCc1ccc([C@H]2C(c3ccccc3)=C(O)C(=O)N2CCc2ccccc2)cc1. The van der Waals surface area contributed by atoms with E-state index in [0.717, 1.165) is 24.0 Å². The van der Waals surface area contributed by atoms with Gasteiger partial charge in [-0.25, -0.2) is 0 Å². The number of hydrogen-bond donors (Lipinski definition) is 1. The first-order chi connectivity index (χ1) is 14.2. The first kappa shape index (κ1) is 19.0. The van der Waals surface area contributed by atoms with Crippen molar-refractivity contribution in [3.8, 4) is 0 Å². The predicted molar refractivity (Wildman–Crippen MR) is 116 cm³/mol. The van der Waals surface area contributed by atoms with Crippen LogP contribution in [0.5, 0.6) is 0 Å². The molecule has 0 bridgehead atoms. The normalized spacial score (nSPS) is 16.5. The van der Waals surface area contributed by atoms with E-state index in [2.05, 4.69) is 43.3 Å². The summed E-state index contributed by atoms with van der Waals surface area (Å²) in [6.07, 6.45) is 1.71. The van der Waals surface area contributed by atoms with Crippen molar-refractivity contribution in [2.45, 2.75) is 25.8 Å². The summed E-state index contributed by atoms with van der Waals surface area (Å²) < 4.78 is 0. The standard InChI is InChI=1S/C26H25NO2/c1-2-19-13-15-22(16-14-19)24-23(21-11-7-4-8-12-21)25(28)26(29)27(24)18-17-20-9-5-3-6-10-20/h3-16,24,28H,2,17-18H2,1H3/t24-/m0/s1. The summed E-state index contributed by atoms with van der Waals surface area (Å²) >= 11 is 0. The molecule has 4 rings (SSSR count). The van der Waals surface area contributed by atoms with Crippen molar-refractivity contribution < 1.29 is 9.90 Å². The zero-order valence-corrected chi connectivity index (χ0v) is 16.6. The van der Waals surface area contributed by atoms with Gasteiger partial charge in [0.05, 0.1) is 6.04 Å². The Labute approximate surface area is 171 Å². The van der Waals surface area contributed by atoms with Gasteiger partial charge in [-0.05, 0) is 35.1 Å². The second-order valence-electron chi connectivity index (χ2n) is 7.36. The number of rotatable bonds is 6. The third-order valence-electron chi connectivity index (χ3n) is 5.58. The molecule has 29 heavy (non-hydrogen) atoms. The number of nitrogens with zero attached hydrogens (tertiary/aromatic N) is 1. The van der Waals surface area contributed by atoms with Crippen LogP contribution in [0.1, 0.15) is 35.2 Å². The highest BCUT2D eigenvalue weighted by molar-refractivity contribution is 6.05. The number of carbonyl (C=O) groups excluding carboxylic acids is 1. The van der Waals surface area contributed by atoms with Crippen molar-refractivity contribution in [2.75, 3.05) is 6.54 Å². The van der Waals surface area contributed by atoms with Crippen molar-refractivity contribution in [3.63, 3.8) is 0 Å². The molecule has 3 aromatic carbocycles. The molecule has 0 aromatic heterocycles. The minimum Gasteiger partial charge on any atom is -0.503 e. The van der Waals surface area contributed by atoms with Crippen LogP contribution in [0.25, 0.3) is 5.57 Å². The van der Waals surface area contributed by atoms with Crippen LogP contribution >= 0.6 is 0 Å². The van der Waals surface area contributed by atoms with Gasteiger partial charge < -0.3 is 10.0 Å². The van der Waals surface area contributed by atoms with Crippen LogP contribution in [0.2, 0.25) is 0 Å². The van der Waals surface area contributed by atoms with E-state index in [9.17, 15) is 9.90 Å². The van der Waals surface area contributed by atoms with Crippen molar-refractivity contribution in [1.29, 1.82) is 0 Å². The summed E-state index contributed by atoms with van der Waals surface area (Å²) in [5.74, 6) is -0.446. The molecule has 1 aliphatic heterocycles. The van der Waals surface area contributed by atoms with Gasteiger partial charge in [0.1, 0.15) is 0 Å². The number of hydrogen-bond acceptors (Lipinski definition) is 2. The molecule has 1 N–H and O–H groups in total. The monoisotopic (exact) mass is 383 g/mol. The molecule has 3 aromatic rings. The molecule has 0 saturated carbocycles. The fraction of sp³-hybridized carbons (Fsp3) is 0.192. The lowest BCUT2D eigenvalue weighted by Crippen LogP contribution is -2.32. The van der Waals surface area contributed by atoms with Gasteiger partial charge in [0.25, 0.3) is 5.91 Å². The molecule has 146 valence electrons. The third-order valence-corrected chi connectivity index (χ3v) is 5.58. The van der Waals surface area contributed by atoms with Gasteiger partial charge in [0.15, 0.2) is 5.76 Å². The summed E-state index contributed by atoms with van der Waals surface area (Å²) in [6.45, 7) is 2.67. The molecule has 3 nitrogen and oxygen atoms in total. The molecule has 1 aliphatic rings. The molecule has 0 fully saturated rings. The lowest BCUT2D eigenvalue weighted by atomic mass is 9.92. The first-order valence-corrected chi connectivity index (χ1v) is 10.1. The average molecular weight is 383 g/mol. The van der Waals surface area contributed by atoms with E-state index in [-0.39, 0.29) is 17.7 Å². The maximum absolute atomic E-state index is 13.0. The van der Waals surface area contributed by atoms with Gasteiger partial charge in [-0.1, -0.05) is 91.9 Å². The van der Waals surface area contributed by atoms with E-state index in [0.29, 0.717) is 12.1 Å². The predicted octanol–water partition coefficient (Wildman–Crippen LogP) is 5.34. The Morgan fingerprint density at radius 2 is 1.45 bits per heavy atom. The topological polar surface area (TPSA) is 40.5 Å². The highest BCUT2D eigenvalue weighted by Gasteiger charge is 2.40. The second kappa shape index (κ2) is 8.36. The van der Waals surface area contributed by atoms with Gasteiger partial charge in [0.2, 0.25) is 0 Å². The van der Waals surface area contributed by atoms with E-state index < -0.39 is 0 Å². The smallest absolute Gasteiger partial charge is 0.289 e. The van der Waals surface area contributed by atoms with Crippen molar-refractivity contribution in [2.24, 2.45) is 0 Å². The molecule has 0 spiro atoms. The number of benzene rings is 3. The molecule has 0 aliphatic carbocycles. The molecular formula is C26H25NO2. The van der Waals surface area contributed by atoms with E-state index in [4.69, 9.17) is 0 Å². The van der Waals surface area contributed by atoms with Crippen LogP contribution in [-0.2, 0) is 17.6 Å². The van der Waals surface area contributed by atoms with E-state index in [1.807, 2.05) is 48.5 Å². The third kappa shape index (κ3) is 3.81. The molecule has 0 radical (unpaired) electrons. The summed E-state index contributed by atoms with van der Waals surface area (Å²) in [5, 5.41) is 10.8. The zero-order valence-electron chi connectivity index (χ0n) is 16.6. The molecule has 0 saturated heterocycles. The van der Waals surface area contributed by atoms with Gasteiger partial charge in [-0.15, -0.1) is 0 Å². The Balaban J connectivity index is 1.72. The Kier molecular flexibility index (Phi) is 5.48. The van der Waals surface area contributed by atoms with Gasteiger partial charge in [-0.2, -0.15) is 0 Å². The number of carbonyl (C=O) groups is 1. The van der Waals surface area contributed by atoms with Crippen molar-refractivity contribution >= 4 is 11.5 Å². The molecule has 1 heterocycles. The fourth-order valence-corrected chi connectivity index (χ4v) is 3.97. The van der Waals surface area contributed by atoms with Gasteiger partial charge >= 0.3 is 0 Å². The summed E-state index contributed by atoms with van der Waals surface area (Å²) in [4.78, 5) is 14.8. The molecule has 1 atom stereocenters. The first-order valence-electron chi connectivity index (χ1n) is 10.1. The molecule has 1 amide bonds. The van der Waals surface area contributed by atoms with E-state index in [1.54, 1.807) is 4.90 Å². The second-order valence-corrected chi connectivity index (χ2v) is 7.36. The number of aliphatic hydroxyl groups excluding tert-OH is 1. The van der Waals surface area contributed by atoms with Crippen LogP contribution in [0, 0.1) is 0 Å². The Bertz CT molecular complexity index is 1010. The summed E-state index contributed by atoms with van der Waals surface area (Å²) in [6, 6.07) is 27.9. The molecule has 3 heteroatoms. The van der Waals surface area contributed by atoms with E-state index in [1.165, 1.54) is 11.1 Å². The molecule has 0 unspecified atom stereocenters. The summed E-state index contributed by atoms with van der Waals surface area (Å²) in [7, 11) is 0.